The molecule has 0 aliphatic heterocycles. The van der Waals surface area contributed by atoms with Gasteiger partial charge in [-0.25, -0.2) is 0 Å². The predicted octanol–water partition coefficient (Wildman–Crippen LogP) is 4.42. The van der Waals surface area contributed by atoms with E-state index in [1.54, 1.807) is 13.3 Å². The molecule has 0 heterocycles. The van der Waals surface area contributed by atoms with Crippen LogP contribution in [0.1, 0.15) is 37.5 Å². The summed E-state index contributed by atoms with van der Waals surface area (Å²) in [4.78, 5) is 3.95. The van der Waals surface area contributed by atoms with Crippen LogP contribution in [-0.2, 0) is 26.3 Å². The molecule has 0 atom stereocenters. The Morgan fingerprint density at radius 1 is 1.28 bits per heavy atom. The molecule has 0 aliphatic rings. The van der Waals surface area contributed by atoms with Crippen LogP contribution in [0.25, 0.3) is 0 Å². The summed E-state index contributed by atoms with van der Waals surface area (Å²) < 4.78 is 0. The molecule has 0 aromatic heterocycles. The molecule has 0 fully saturated rings. The molecule has 2 nitrogen and oxygen atoms in total. The number of benzene rings is 1. The Morgan fingerprint density at radius 3 is 2.17 bits per heavy atom. The summed E-state index contributed by atoms with van der Waals surface area (Å²) in [5, 5.41) is 10.1. The zero-order valence-corrected chi connectivity index (χ0v) is 15.4. The van der Waals surface area contributed by atoms with Crippen LogP contribution in [0.3, 0.4) is 0 Å². The standard InChI is InChI=1S/C13H19NO.2ClH.Zr/c1-9-6-10(8-14-5)12(15)11(7-9)13(2,3)4;;;/h6-8,15H,1-5H3;2*1H;/q;;;+2/p-2. The third-order valence-corrected chi connectivity index (χ3v) is 2.36. The van der Waals surface area contributed by atoms with Crippen molar-refractivity contribution in [1.82, 2.24) is 0 Å². The van der Waals surface area contributed by atoms with Crippen LogP contribution in [0.2, 0.25) is 0 Å². The summed E-state index contributed by atoms with van der Waals surface area (Å²) in [6.45, 7) is 8.30. The van der Waals surface area contributed by atoms with Crippen LogP contribution in [0.15, 0.2) is 17.1 Å². The number of aromatic hydroxyl groups is 1. The molecule has 0 saturated heterocycles. The van der Waals surface area contributed by atoms with Crippen molar-refractivity contribution in [3.63, 3.8) is 0 Å². The summed E-state index contributed by atoms with van der Waals surface area (Å²) in [6.07, 6.45) is 1.69. The molecule has 1 N–H and O–H groups in total. The maximum absolute atomic E-state index is 10.1. The van der Waals surface area contributed by atoms with E-state index in [2.05, 4.69) is 25.8 Å². The first-order chi connectivity index (χ1) is 8.27. The molecular weight excluding hydrogens is 348 g/mol. The molecule has 1 aromatic rings. The van der Waals surface area contributed by atoms with Crippen molar-refractivity contribution in [1.29, 1.82) is 0 Å². The number of hydrogen-bond donors (Lipinski definition) is 1. The maximum atomic E-state index is 10.1. The van der Waals surface area contributed by atoms with E-state index in [0.717, 1.165) is 16.7 Å². The number of phenols is 1. The van der Waals surface area contributed by atoms with Crippen molar-refractivity contribution < 1.29 is 26.0 Å². The second-order valence-corrected chi connectivity index (χ2v) is 8.69. The first kappa shape index (κ1) is 18.2. The van der Waals surface area contributed by atoms with Crippen molar-refractivity contribution >= 4 is 23.2 Å². The van der Waals surface area contributed by atoms with Gasteiger partial charge >= 0.3 is 37.9 Å². The normalized spacial score (nSPS) is 11.1. The van der Waals surface area contributed by atoms with E-state index in [0.29, 0.717) is 5.75 Å². The van der Waals surface area contributed by atoms with Crippen molar-refractivity contribution in [2.24, 2.45) is 4.99 Å². The van der Waals surface area contributed by atoms with Crippen molar-refractivity contribution in [3.8, 4) is 5.75 Å². The molecule has 1 aromatic carbocycles. The van der Waals surface area contributed by atoms with Gasteiger partial charge in [0.05, 0.1) is 0 Å². The molecule has 0 saturated carbocycles. The molecule has 1 rings (SSSR count). The Morgan fingerprint density at radius 2 is 1.78 bits per heavy atom. The summed E-state index contributed by atoms with van der Waals surface area (Å²) in [5.41, 5.74) is 2.86. The van der Waals surface area contributed by atoms with Crippen LogP contribution < -0.4 is 0 Å². The average molecular weight is 367 g/mol. The van der Waals surface area contributed by atoms with E-state index in [1.165, 1.54) is 0 Å². The van der Waals surface area contributed by atoms with E-state index in [9.17, 15) is 5.11 Å². The topological polar surface area (TPSA) is 32.6 Å². The Hall–Kier alpha value is 0.153. The fourth-order valence-electron chi connectivity index (χ4n) is 1.62. The fourth-order valence-corrected chi connectivity index (χ4v) is 1.62. The van der Waals surface area contributed by atoms with E-state index < -0.39 is 20.8 Å². The molecule has 0 spiro atoms. The van der Waals surface area contributed by atoms with E-state index in [1.807, 2.05) is 19.1 Å². The zero-order chi connectivity index (χ0) is 14.3. The van der Waals surface area contributed by atoms with Crippen LogP contribution in [-0.4, -0.2) is 18.4 Å². The van der Waals surface area contributed by atoms with Gasteiger partial charge in [0.25, 0.3) is 0 Å². The fraction of sp³-hybridized carbons (Fsp3) is 0.462. The van der Waals surface area contributed by atoms with Gasteiger partial charge in [-0.15, -0.1) is 0 Å². The first-order valence-electron chi connectivity index (χ1n) is 5.50. The molecule has 100 valence electrons. The third kappa shape index (κ3) is 5.86. The zero-order valence-electron chi connectivity index (χ0n) is 11.4. The Kier molecular flexibility index (Phi) is 8.42. The van der Waals surface area contributed by atoms with Gasteiger partial charge in [0.1, 0.15) is 5.75 Å². The number of rotatable bonds is 1. The minimum absolute atomic E-state index is 0.0492. The number of hydrogen-bond acceptors (Lipinski definition) is 2. The second-order valence-electron chi connectivity index (χ2n) is 4.96. The van der Waals surface area contributed by atoms with E-state index >= 15 is 0 Å². The Bertz CT molecular complexity index is 414. The van der Waals surface area contributed by atoms with Crippen molar-refractivity contribution in [3.05, 3.63) is 28.8 Å². The van der Waals surface area contributed by atoms with Gasteiger partial charge in [0, 0.05) is 24.4 Å². The van der Waals surface area contributed by atoms with Gasteiger partial charge in [-0.2, -0.15) is 0 Å². The molecule has 0 amide bonds. The molecule has 0 radical (unpaired) electrons. The van der Waals surface area contributed by atoms with Gasteiger partial charge in [-0.3, -0.25) is 4.99 Å². The molecule has 18 heavy (non-hydrogen) atoms. The number of aryl methyl sites for hydroxylation is 1. The van der Waals surface area contributed by atoms with Gasteiger partial charge in [-0.05, 0) is 24.0 Å². The molecular formula is C13H19Cl2NOZr. The minimum atomic E-state index is -0.826. The second kappa shape index (κ2) is 8.35. The number of phenolic OH excluding ortho intramolecular Hbond substituents is 1. The van der Waals surface area contributed by atoms with Gasteiger partial charge in [0.2, 0.25) is 0 Å². The number of nitrogens with zero attached hydrogens (tertiary/aromatic N) is 1. The molecule has 5 heteroatoms. The van der Waals surface area contributed by atoms with Gasteiger partial charge in [-0.1, -0.05) is 26.8 Å². The average Bonchev–Trinajstić information content (AvgIpc) is 2.23. The third-order valence-electron chi connectivity index (χ3n) is 2.36. The van der Waals surface area contributed by atoms with Crippen LogP contribution >= 0.6 is 17.0 Å². The van der Waals surface area contributed by atoms with Crippen molar-refractivity contribution in [2.45, 2.75) is 33.1 Å². The number of halogens is 2. The van der Waals surface area contributed by atoms with E-state index in [-0.39, 0.29) is 5.41 Å². The van der Waals surface area contributed by atoms with Crippen molar-refractivity contribution in [2.75, 3.05) is 7.05 Å². The molecule has 0 unspecified atom stereocenters. The predicted molar refractivity (Wildman–Crippen MR) is 76.8 cm³/mol. The summed E-state index contributed by atoms with van der Waals surface area (Å²) in [5.74, 6) is 0.346. The molecule has 0 bridgehead atoms. The monoisotopic (exact) mass is 365 g/mol. The first-order valence-corrected chi connectivity index (χ1v) is 11.8. The van der Waals surface area contributed by atoms with Crippen LogP contribution in [0.5, 0.6) is 5.75 Å². The Labute approximate surface area is 128 Å². The van der Waals surface area contributed by atoms with E-state index in [4.69, 9.17) is 17.0 Å². The van der Waals surface area contributed by atoms with Crippen LogP contribution in [0, 0.1) is 6.92 Å². The number of aliphatic imine (C=N–C) groups is 1. The summed E-state index contributed by atoms with van der Waals surface area (Å²) in [7, 11) is 11.6. The Balaban J connectivity index is 0.000000873. The quantitative estimate of drug-likeness (QED) is 0.732. The van der Waals surface area contributed by atoms with Crippen LogP contribution in [0.4, 0.5) is 0 Å². The summed E-state index contributed by atoms with van der Waals surface area (Å²) >= 11 is -0.826. The van der Waals surface area contributed by atoms with Gasteiger partial charge < -0.3 is 5.11 Å². The SMILES string of the molecule is CN=Cc1cc(C)cc(C(C)(C)C)c1O.[Cl][Zr][Cl]. The molecule has 0 aliphatic carbocycles. The summed E-state index contributed by atoms with van der Waals surface area (Å²) in [6, 6.07) is 3.97. The van der Waals surface area contributed by atoms with Gasteiger partial charge in [0.15, 0.2) is 0 Å².